The van der Waals surface area contributed by atoms with Crippen LogP contribution in [0.15, 0.2) is 54.2 Å². The smallest absolute Gasteiger partial charge is 0.282 e. The summed E-state index contributed by atoms with van der Waals surface area (Å²) in [6.07, 6.45) is 0. The Bertz CT molecular complexity index is 894. The molecule has 1 heterocycles. The number of rotatable bonds is 5. The largest absolute Gasteiger partial charge is 0.395 e. The lowest BCUT2D eigenvalue weighted by Gasteiger charge is -2.20. The summed E-state index contributed by atoms with van der Waals surface area (Å²) in [5.74, 6) is -0.905. The van der Waals surface area contributed by atoms with Gasteiger partial charge in [0, 0.05) is 23.6 Å². The molecule has 0 fully saturated rings. The summed E-state index contributed by atoms with van der Waals surface area (Å²) in [6, 6.07) is 13.3. The second-order valence-electron chi connectivity index (χ2n) is 5.80. The fourth-order valence-corrected chi connectivity index (χ4v) is 3.17. The molecule has 0 atom stereocenters. The normalized spacial score (nSPS) is 14.4. The molecule has 2 aromatic rings. The Kier molecular flexibility index (Phi) is 5.32. The molecule has 5 nitrogen and oxygen atoms in total. The van der Waals surface area contributed by atoms with Crippen LogP contribution in [0, 0.1) is 0 Å². The number of nitrogens with zero attached hydrogens (tertiary/aromatic N) is 2. The number of amides is 2. The summed E-state index contributed by atoms with van der Waals surface area (Å²) in [5, 5.41) is 10.2. The van der Waals surface area contributed by atoms with Gasteiger partial charge in [-0.25, -0.2) is 4.90 Å². The topological polar surface area (TPSA) is 60.9 Å². The highest BCUT2D eigenvalue weighted by atomic mass is 35.5. The van der Waals surface area contributed by atoms with Gasteiger partial charge in [-0.1, -0.05) is 41.4 Å². The molecule has 1 aliphatic rings. The number of hydrogen-bond acceptors (Lipinski definition) is 4. The highest BCUT2D eigenvalue weighted by molar-refractivity contribution is 6.45. The van der Waals surface area contributed by atoms with E-state index in [9.17, 15) is 14.7 Å². The zero-order valence-electron chi connectivity index (χ0n) is 13.9. The van der Waals surface area contributed by atoms with Gasteiger partial charge in [-0.3, -0.25) is 9.59 Å². The summed E-state index contributed by atoms with van der Waals surface area (Å²) < 4.78 is 0. The van der Waals surface area contributed by atoms with Crippen LogP contribution in [0.4, 0.5) is 5.69 Å². The van der Waals surface area contributed by atoms with Gasteiger partial charge >= 0.3 is 0 Å². The Morgan fingerprint density at radius 1 is 1.00 bits per heavy atom. The first-order chi connectivity index (χ1) is 12.4. The molecule has 1 N–H and O–H groups in total. The van der Waals surface area contributed by atoms with Crippen molar-refractivity contribution >= 4 is 46.3 Å². The maximum absolute atomic E-state index is 13.1. The molecule has 0 saturated carbocycles. The number of carbonyl (C=O) groups is 2. The Balaban J connectivity index is 2.13. The maximum Gasteiger partial charge on any atom is 0.282 e. The van der Waals surface area contributed by atoms with Gasteiger partial charge in [0.1, 0.15) is 5.70 Å². The van der Waals surface area contributed by atoms with Crippen LogP contribution in [-0.4, -0.2) is 42.0 Å². The predicted octanol–water partition coefficient (Wildman–Crippen LogP) is 3.20. The van der Waals surface area contributed by atoms with Crippen LogP contribution in [0.25, 0.3) is 5.57 Å². The molecule has 1 aliphatic heterocycles. The van der Waals surface area contributed by atoms with Gasteiger partial charge in [0.05, 0.1) is 17.9 Å². The third-order valence-electron chi connectivity index (χ3n) is 4.08. The van der Waals surface area contributed by atoms with Gasteiger partial charge in [0.2, 0.25) is 0 Å². The summed E-state index contributed by atoms with van der Waals surface area (Å²) >= 11 is 12.0. The second kappa shape index (κ2) is 7.50. The first-order valence-electron chi connectivity index (χ1n) is 7.90. The van der Waals surface area contributed by atoms with Crippen molar-refractivity contribution in [1.82, 2.24) is 4.90 Å². The van der Waals surface area contributed by atoms with E-state index in [0.717, 1.165) is 4.90 Å². The van der Waals surface area contributed by atoms with Gasteiger partial charge in [0.15, 0.2) is 0 Å². The molecule has 7 heteroatoms. The molecule has 26 heavy (non-hydrogen) atoms. The van der Waals surface area contributed by atoms with Gasteiger partial charge in [0.25, 0.3) is 11.8 Å². The summed E-state index contributed by atoms with van der Waals surface area (Å²) in [7, 11) is 1.66. The fraction of sp³-hybridized carbons (Fsp3) is 0.158. The van der Waals surface area contributed by atoms with E-state index >= 15 is 0 Å². The molecule has 0 unspecified atom stereocenters. The Hall–Kier alpha value is -2.34. The first kappa shape index (κ1) is 18.5. The number of carbonyl (C=O) groups excluding carboxylic acids is 2. The molecule has 0 spiro atoms. The fourth-order valence-electron chi connectivity index (χ4n) is 2.86. The molecule has 2 amide bonds. The van der Waals surface area contributed by atoms with Crippen molar-refractivity contribution < 1.29 is 14.7 Å². The van der Waals surface area contributed by atoms with Crippen LogP contribution in [0.5, 0.6) is 0 Å². The molecule has 0 aromatic heterocycles. The number of anilines is 1. The van der Waals surface area contributed by atoms with Crippen molar-refractivity contribution in [2.75, 3.05) is 25.1 Å². The summed E-state index contributed by atoms with van der Waals surface area (Å²) in [4.78, 5) is 28.8. The number of likely N-dealkylation sites (N-methyl/N-ethyl adjacent to an activating group) is 1. The van der Waals surface area contributed by atoms with Crippen molar-refractivity contribution in [2.24, 2.45) is 0 Å². The van der Waals surface area contributed by atoms with Gasteiger partial charge in [-0.2, -0.15) is 0 Å². The summed E-state index contributed by atoms with van der Waals surface area (Å²) in [5.41, 5.74) is 1.47. The lowest BCUT2D eigenvalue weighted by molar-refractivity contribution is -0.120. The van der Waals surface area contributed by atoms with Crippen LogP contribution in [-0.2, 0) is 9.59 Å². The van der Waals surface area contributed by atoms with Crippen LogP contribution in [0.2, 0.25) is 10.0 Å². The van der Waals surface area contributed by atoms with Gasteiger partial charge in [-0.15, -0.1) is 0 Å². The molecule has 0 bridgehead atoms. The van der Waals surface area contributed by atoms with Gasteiger partial charge in [-0.05, 0) is 35.9 Å². The SMILES string of the molecule is CN(CCO)C1=C(c2ccc(Cl)cc2)C(=O)N(c2cccc(Cl)c2)C1=O. The number of aliphatic hydroxyl groups excluding tert-OH is 1. The monoisotopic (exact) mass is 390 g/mol. The third-order valence-corrected chi connectivity index (χ3v) is 4.56. The molecule has 0 saturated heterocycles. The molecular weight excluding hydrogens is 375 g/mol. The Labute approximate surface area is 161 Å². The minimum Gasteiger partial charge on any atom is -0.395 e. The molecular formula is C19H16Cl2N2O3. The zero-order valence-corrected chi connectivity index (χ0v) is 15.5. The molecule has 134 valence electrons. The molecule has 0 aliphatic carbocycles. The first-order valence-corrected chi connectivity index (χ1v) is 8.66. The average Bonchev–Trinajstić information content (AvgIpc) is 2.86. The van der Waals surface area contributed by atoms with E-state index in [1.807, 2.05) is 0 Å². The van der Waals surface area contributed by atoms with E-state index in [2.05, 4.69) is 0 Å². The highest BCUT2D eigenvalue weighted by Crippen LogP contribution is 2.35. The number of hydrogen-bond donors (Lipinski definition) is 1. The van der Waals surface area contributed by atoms with Crippen LogP contribution in [0.1, 0.15) is 5.56 Å². The number of aliphatic hydroxyl groups is 1. The summed E-state index contributed by atoms with van der Waals surface area (Å²) in [6.45, 7) is 0.0708. The van der Waals surface area contributed by atoms with E-state index in [0.29, 0.717) is 21.3 Å². The molecule has 3 rings (SSSR count). The Morgan fingerprint density at radius 2 is 1.69 bits per heavy atom. The number of halogens is 2. The van der Waals surface area contributed by atoms with Crippen molar-refractivity contribution in [3.8, 4) is 0 Å². The van der Waals surface area contributed by atoms with Crippen molar-refractivity contribution in [1.29, 1.82) is 0 Å². The standard InChI is InChI=1S/C19H16Cl2N2O3/c1-22(9-10-24)17-16(12-5-7-13(20)8-6-12)18(25)23(19(17)26)15-4-2-3-14(21)11-15/h2-8,11,24H,9-10H2,1H3. The van der Waals surface area contributed by atoms with E-state index in [4.69, 9.17) is 23.2 Å². The maximum atomic E-state index is 13.1. The van der Waals surface area contributed by atoms with Crippen molar-refractivity contribution in [2.45, 2.75) is 0 Å². The van der Waals surface area contributed by atoms with Gasteiger partial charge < -0.3 is 10.0 Å². The Morgan fingerprint density at radius 3 is 2.31 bits per heavy atom. The highest BCUT2D eigenvalue weighted by Gasteiger charge is 2.41. The van der Waals surface area contributed by atoms with E-state index in [1.54, 1.807) is 60.5 Å². The van der Waals surface area contributed by atoms with E-state index in [-0.39, 0.29) is 24.4 Å². The van der Waals surface area contributed by atoms with Crippen molar-refractivity contribution in [3.63, 3.8) is 0 Å². The van der Waals surface area contributed by atoms with E-state index < -0.39 is 11.8 Å². The number of imide groups is 1. The second-order valence-corrected chi connectivity index (χ2v) is 6.67. The predicted molar refractivity (Wildman–Crippen MR) is 102 cm³/mol. The van der Waals surface area contributed by atoms with E-state index in [1.165, 1.54) is 0 Å². The minimum absolute atomic E-state index is 0.146. The average molecular weight is 391 g/mol. The quantitative estimate of drug-likeness (QED) is 0.796. The zero-order chi connectivity index (χ0) is 18.8. The minimum atomic E-state index is -0.460. The molecule has 2 aromatic carbocycles. The third kappa shape index (κ3) is 3.33. The number of benzene rings is 2. The van der Waals surface area contributed by atoms with Crippen LogP contribution in [0.3, 0.4) is 0 Å². The van der Waals surface area contributed by atoms with Crippen molar-refractivity contribution in [3.05, 3.63) is 69.8 Å². The lowest BCUT2D eigenvalue weighted by atomic mass is 10.0. The van der Waals surface area contributed by atoms with Crippen LogP contribution < -0.4 is 4.90 Å². The lowest BCUT2D eigenvalue weighted by Crippen LogP contribution is -2.34. The molecule has 0 radical (unpaired) electrons. The van der Waals surface area contributed by atoms with Crippen LogP contribution >= 0.6 is 23.2 Å².